The predicted molar refractivity (Wildman–Crippen MR) is 31.2 cm³/mol. The molecule has 1 amide bonds. The van der Waals surface area contributed by atoms with Gasteiger partial charge in [0, 0.05) is 0 Å². The van der Waals surface area contributed by atoms with Gasteiger partial charge in [0.15, 0.2) is 12.3 Å². The van der Waals surface area contributed by atoms with Crippen molar-refractivity contribution >= 4 is 11.7 Å². The van der Waals surface area contributed by atoms with E-state index in [1.54, 1.807) is 5.32 Å². The van der Waals surface area contributed by atoms with Crippen LogP contribution in [0.5, 0.6) is 0 Å². The number of hydrogen-bond acceptors (Lipinski definition) is 5. The summed E-state index contributed by atoms with van der Waals surface area (Å²) in [4.78, 5) is 21.0. The van der Waals surface area contributed by atoms with Gasteiger partial charge in [0.05, 0.1) is 0 Å². The van der Waals surface area contributed by atoms with Crippen LogP contribution < -0.4 is 5.32 Å². The molecule has 1 unspecified atom stereocenters. The standard InChI is InChI=1S/C5H7NO5/c7-1-2(8)4(10)6-5(11)3(1)9/h1-2,4,7-8,10H,(H,6,11)/t1-,2-,4?/m1/s1. The Labute approximate surface area is 61.4 Å². The third kappa shape index (κ3) is 1.23. The Hall–Kier alpha value is -0.980. The average molecular weight is 161 g/mol. The predicted octanol–water partition coefficient (Wildman–Crippen LogP) is -3.27. The highest BCUT2D eigenvalue weighted by Crippen LogP contribution is 2.04. The van der Waals surface area contributed by atoms with Crippen molar-refractivity contribution in [2.45, 2.75) is 18.4 Å². The van der Waals surface area contributed by atoms with Gasteiger partial charge in [-0.05, 0) is 0 Å². The summed E-state index contributed by atoms with van der Waals surface area (Å²) in [5.41, 5.74) is 0. The van der Waals surface area contributed by atoms with Gasteiger partial charge in [0.2, 0.25) is 0 Å². The molecule has 3 atom stereocenters. The van der Waals surface area contributed by atoms with Gasteiger partial charge in [-0.1, -0.05) is 0 Å². The smallest absolute Gasteiger partial charge is 0.292 e. The van der Waals surface area contributed by atoms with Crippen LogP contribution in [-0.2, 0) is 9.59 Å². The second-order valence-corrected chi connectivity index (χ2v) is 2.22. The Morgan fingerprint density at radius 3 is 2.27 bits per heavy atom. The molecule has 0 aliphatic carbocycles. The summed E-state index contributed by atoms with van der Waals surface area (Å²) in [6.45, 7) is 0. The lowest BCUT2D eigenvalue weighted by molar-refractivity contribution is -0.162. The number of ketones is 1. The van der Waals surface area contributed by atoms with Gasteiger partial charge in [0.25, 0.3) is 11.7 Å². The van der Waals surface area contributed by atoms with Crippen LogP contribution in [0.25, 0.3) is 0 Å². The average Bonchev–Trinajstić information content (AvgIpc) is 1.97. The van der Waals surface area contributed by atoms with E-state index in [0.29, 0.717) is 0 Å². The molecule has 0 spiro atoms. The summed E-state index contributed by atoms with van der Waals surface area (Å²) in [7, 11) is 0. The zero-order valence-corrected chi connectivity index (χ0v) is 5.39. The zero-order valence-electron chi connectivity index (χ0n) is 5.39. The minimum absolute atomic E-state index is 1.09. The quantitative estimate of drug-likeness (QED) is 0.279. The van der Waals surface area contributed by atoms with E-state index >= 15 is 0 Å². The molecular weight excluding hydrogens is 154 g/mol. The van der Waals surface area contributed by atoms with Crippen molar-refractivity contribution in [1.29, 1.82) is 0 Å². The van der Waals surface area contributed by atoms with E-state index in [4.69, 9.17) is 15.3 Å². The van der Waals surface area contributed by atoms with Crippen molar-refractivity contribution in [3.8, 4) is 0 Å². The van der Waals surface area contributed by atoms with E-state index in [-0.39, 0.29) is 0 Å². The molecular formula is C5H7NO5. The zero-order chi connectivity index (χ0) is 8.59. The molecule has 0 aromatic rings. The van der Waals surface area contributed by atoms with Crippen LogP contribution >= 0.6 is 0 Å². The fourth-order valence-electron chi connectivity index (χ4n) is 0.753. The second kappa shape index (κ2) is 2.57. The molecule has 1 saturated heterocycles. The Morgan fingerprint density at radius 1 is 1.18 bits per heavy atom. The number of amides is 1. The molecule has 1 aliphatic heterocycles. The van der Waals surface area contributed by atoms with E-state index in [0.717, 1.165) is 0 Å². The number of aliphatic hydroxyl groups is 3. The highest BCUT2D eigenvalue weighted by Gasteiger charge is 2.40. The van der Waals surface area contributed by atoms with E-state index in [1.165, 1.54) is 0 Å². The number of carbonyl (C=O) groups excluding carboxylic acids is 2. The first-order valence-corrected chi connectivity index (χ1v) is 2.93. The Morgan fingerprint density at radius 2 is 1.73 bits per heavy atom. The molecule has 1 fully saturated rings. The SMILES string of the molecule is O=C1NC(O)[C@H](O)[C@@H](O)C1=O. The van der Waals surface area contributed by atoms with Crippen LogP contribution in [-0.4, -0.2) is 45.4 Å². The van der Waals surface area contributed by atoms with Gasteiger partial charge in [-0.15, -0.1) is 0 Å². The monoisotopic (exact) mass is 161 g/mol. The Balaban J connectivity index is 2.78. The molecule has 1 heterocycles. The van der Waals surface area contributed by atoms with Crippen molar-refractivity contribution < 1.29 is 24.9 Å². The molecule has 0 bridgehead atoms. The molecule has 11 heavy (non-hydrogen) atoms. The van der Waals surface area contributed by atoms with Crippen molar-refractivity contribution in [3.63, 3.8) is 0 Å². The summed E-state index contributed by atoms with van der Waals surface area (Å²) >= 11 is 0. The third-order valence-corrected chi connectivity index (χ3v) is 1.42. The highest BCUT2D eigenvalue weighted by atomic mass is 16.4. The van der Waals surface area contributed by atoms with E-state index in [2.05, 4.69) is 0 Å². The van der Waals surface area contributed by atoms with Crippen LogP contribution in [0.2, 0.25) is 0 Å². The Kier molecular flexibility index (Phi) is 1.90. The highest BCUT2D eigenvalue weighted by molar-refractivity contribution is 6.38. The van der Waals surface area contributed by atoms with Crippen molar-refractivity contribution in [1.82, 2.24) is 5.32 Å². The maximum atomic E-state index is 10.5. The molecule has 1 rings (SSSR count). The molecule has 0 aromatic carbocycles. The summed E-state index contributed by atoms with van der Waals surface area (Å²) < 4.78 is 0. The second-order valence-electron chi connectivity index (χ2n) is 2.22. The van der Waals surface area contributed by atoms with E-state index in [9.17, 15) is 9.59 Å². The van der Waals surface area contributed by atoms with Gasteiger partial charge in [-0.25, -0.2) is 0 Å². The molecule has 0 radical (unpaired) electrons. The fraction of sp³-hybridized carbons (Fsp3) is 0.600. The number of nitrogens with one attached hydrogen (secondary N) is 1. The maximum absolute atomic E-state index is 10.5. The number of carbonyl (C=O) groups is 2. The van der Waals surface area contributed by atoms with Gasteiger partial charge < -0.3 is 20.6 Å². The normalized spacial score (nSPS) is 38.6. The Bertz CT molecular complexity index is 203. The van der Waals surface area contributed by atoms with E-state index < -0.39 is 30.1 Å². The molecule has 6 nitrogen and oxygen atoms in total. The minimum Gasteiger partial charge on any atom is -0.385 e. The molecule has 4 N–H and O–H groups in total. The van der Waals surface area contributed by atoms with Gasteiger partial charge in [-0.2, -0.15) is 0 Å². The van der Waals surface area contributed by atoms with Gasteiger partial charge in [0.1, 0.15) is 6.10 Å². The van der Waals surface area contributed by atoms with Gasteiger partial charge in [-0.3, -0.25) is 9.59 Å². The molecule has 62 valence electrons. The number of aliphatic hydroxyl groups excluding tert-OH is 3. The molecule has 1 aliphatic rings. The first-order valence-electron chi connectivity index (χ1n) is 2.93. The van der Waals surface area contributed by atoms with Crippen molar-refractivity contribution in [2.75, 3.05) is 0 Å². The molecule has 6 heteroatoms. The van der Waals surface area contributed by atoms with Crippen LogP contribution in [0.1, 0.15) is 0 Å². The van der Waals surface area contributed by atoms with Crippen LogP contribution in [0.3, 0.4) is 0 Å². The summed E-state index contributed by atoms with van der Waals surface area (Å²) in [6.07, 6.45) is -5.03. The first kappa shape index (κ1) is 8.12. The van der Waals surface area contributed by atoms with Crippen LogP contribution in [0, 0.1) is 0 Å². The van der Waals surface area contributed by atoms with Crippen LogP contribution in [0.15, 0.2) is 0 Å². The fourth-order valence-corrected chi connectivity index (χ4v) is 0.753. The summed E-state index contributed by atoms with van der Waals surface area (Å²) in [5, 5.41) is 28.1. The third-order valence-electron chi connectivity index (χ3n) is 1.42. The number of rotatable bonds is 0. The van der Waals surface area contributed by atoms with Crippen molar-refractivity contribution in [2.24, 2.45) is 0 Å². The number of piperidine rings is 1. The first-order chi connectivity index (χ1) is 5.04. The summed E-state index contributed by atoms with van der Waals surface area (Å²) in [5.74, 6) is -2.22. The summed E-state index contributed by atoms with van der Waals surface area (Å²) in [6, 6.07) is 0. The molecule has 0 aromatic heterocycles. The number of hydrogen-bond donors (Lipinski definition) is 4. The topological polar surface area (TPSA) is 107 Å². The van der Waals surface area contributed by atoms with Crippen LogP contribution in [0.4, 0.5) is 0 Å². The lowest BCUT2D eigenvalue weighted by Gasteiger charge is -2.26. The van der Waals surface area contributed by atoms with E-state index in [1.807, 2.05) is 0 Å². The largest absolute Gasteiger partial charge is 0.385 e. The number of Topliss-reactive ketones (excluding diaryl/α,β-unsaturated/α-hetero) is 1. The van der Waals surface area contributed by atoms with Crippen molar-refractivity contribution in [3.05, 3.63) is 0 Å². The minimum atomic E-state index is -1.82. The lowest BCUT2D eigenvalue weighted by Crippen LogP contribution is -2.60. The van der Waals surface area contributed by atoms with Gasteiger partial charge >= 0.3 is 0 Å². The lowest BCUT2D eigenvalue weighted by atomic mass is 10.0. The maximum Gasteiger partial charge on any atom is 0.292 e. The molecule has 0 saturated carbocycles.